The van der Waals surface area contributed by atoms with Crippen LogP contribution in [-0.2, 0) is 9.31 Å². The van der Waals surface area contributed by atoms with Crippen LogP contribution >= 0.6 is 15.9 Å². The first kappa shape index (κ1) is 40.0. The van der Waals surface area contributed by atoms with Crippen LogP contribution in [-0.4, -0.2) is 40.9 Å². The lowest BCUT2D eigenvalue weighted by Crippen LogP contribution is -2.43. The molecule has 0 amide bonds. The smallest absolute Gasteiger partial charge is 0.400 e. The van der Waals surface area contributed by atoms with Gasteiger partial charge in [0.1, 0.15) is 4.60 Å². The molecule has 3 fully saturated rings. The monoisotopic (exact) mass is 733 g/mol. The van der Waals surface area contributed by atoms with E-state index in [4.69, 9.17) is 9.31 Å². The Labute approximate surface area is 308 Å². The van der Waals surface area contributed by atoms with Crippen molar-refractivity contribution in [1.82, 2.24) is 15.3 Å². The van der Waals surface area contributed by atoms with Crippen LogP contribution in [0.5, 0.6) is 0 Å². The number of halogens is 1. The number of hydrogen-bond donors (Lipinski definition) is 1. The minimum atomic E-state index is -0.198. The fraction of sp³-hybridized carbons (Fsp3) is 0.667. The summed E-state index contributed by atoms with van der Waals surface area (Å²) in [6.07, 6.45) is 28.7. The highest BCUT2D eigenvalue weighted by molar-refractivity contribution is 9.10. The molecule has 5 nitrogen and oxygen atoms in total. The molecule has 7 heteroatoms. The molecule has 5 aliphatic rings. The molecule has 0 bridgehead atoms. The summed E-state index contributed by atoms with van der Waals surface area (Å²) >= 11 is 3.23. The maximum absolute atomic E-state index is 6.01. The summed E-state index contributed by atoms with van der Waals surface area (Å²) < 4.78 is 12.9. The third-order valence-electron chi connectivity index (χ3n) is 11.2. The van der Waals surface area contributed by atoms with E-state index in [1.165, 1.54) is 124 Å². The zero-order valence-corrected chi connectivity index (χ0v) is 33.4. The van der Waals surface area contributed by atoms with Crippen molar-refractivity contribution < 1.29 is 9.31 Å². The molecule has 2 unspecified atom stereocenters. The normalized spacial score (nSPS) is 24.9. The summed E-state index contributed by atoms with van der Waals surface area (Å²) in [5, 5.41) is 3.74. The van der Waals surface area contributed by atoms with Crippen LogP contribution in [0.25, 0.3) is 5.57 Å². The molecule has 2 aromatic rings. The molecule has 7 rings (SSSR count). The van der Waals surface area contributed by atoms with Crippen molar-refractivity contribution >= 4 is 28.6 Å². The number of aromatic nitrogens is 2. The second-order valence-electron chi connectivity index (χ2n) is 16.1. The first-order valence-corrected chi connectivity index (χ1v) is 20.2. The maximum Gasteiger partial charge on any atom is 0.490 e. The van der Waals surface area contributed by atoms with Gasteiger partial charge >= 0.3 is 7.12 Å². The summed E-state index contributed by atoms with van der Waals surface area (Å²) in [7, 11) is -0.102. The highest BCUT2D eigenvalue weighted by Gasteiger charge is 2.52. The van der Waals surface area contributed by atoms with Crippen molar-refractivity contribution in [3.05, 3.63) is 75.7 Å². The predicted molar refractivity (Wildman–Crippen MR) is 211 cm³/mol. The minimum absolute atomic E-state index is 0.102. The molecule has 3 aliphatic carbocycles. The summed E-state index contributed by atoms with van der Waals surface area (Å²) in [4.78, 5) is 8.43. The van der Waals surface area contributed by atoms with Crippen LogP contribution < -0.4 is 5.32 Å². The molecule has 4 heterocycles. The molecule has 0 radical (unpaired) electrons. The number of nitrogens with one attached hydrogen (secondary N) is 1. The Morgan fingerprint density at radius 1 is 0.735 bits per heavy atom. The van der Waals surface area contributed by atoms with Crippen LogP contribution in [0, 0.1) is 25.7 Å². The van der Waals surface area contributed by atoms with Gasteiger partial charge in [0.2, 0.25) is 0 Å². The van der Waals surface area contributed by atoms with E-state index in [-0.39, 0.29) is 18.3 Å². The Bertz CT molecular complexity index is 1270. The Morgan fingerprint density at radius 2 is 1.37 bits per heavy atom. The molecule has 2 atom stereocenters. The van der Waals surface area contributed by atoms with Gasteiger partial charge in [-0.15, -0.1) is 0 Å². The van der Waals surface area contributed by atoms with Crippen LogP contribution in [0.4, 0.5) is 0 Å². The van der Waals surface area contributed by atoms with Gasteiger partial charge in [0.15, 0.2) is 0 Å². The van der Waals surface area contributed by atoms with Crippen molar-refractivity contribution in [3.63, 3.8) is 0 Å². The average Bonchev–Trinajstić information content (AvgIpc) is 3.34. The molecule has 270 valence electrons. The van der Waals surface area contributed by atoms with E-state index >= 15 is 0 Å². The van der Waals surface area contributed by atoms with E-state index in [0.29, 0.717) is 0 Å². The molecule has 2 aromatic heterocycles. The molecule has 0 spiro atoms. The van der Waals surface area contributed by atoms with Gasteiger partial charge in [-0.05, 0) is 187 Å². The molecular formula is C42H65BBrN3O2. The second kappa shape index (κ2) is 19.7. The van der Waals surface area contributed by atoms with Crippen molar-refractivity contribution in [2.45, 2.75) is 162 Å². The van der Waals surface area contributed by atoms with Gasteiger partial charge in [0.25, 0.3) is 0 Å². The SMILES string of the molecule is CC1(C)OB(C2=CCCCC2)OC1(C)C.CC1CCC(C2CCCCC2)NC1.Cc1ccc(Br)nc1.Cc1ccc(C2=CCCCC2)nc1. The molecular weight excluding hydrogens is 669 g/mol. The van der Waals surface area contributed by atoms with Crippen molar-refractivity contribution in [1.29, 1.82) is 0 Å². The van der Waals surface area contributed by atoms with Crippen molar-refractivity contribution in [2.75, 3.05) is 6.54 Å². The number of aryl methyl sites for hydroxylation is 2. The third kappa shape index (κ3) is 13.0. The Kier molecular flexibility index (Phi) is 16.1. The lowest BCUT2D eigenvalue weighted by atomic mass is 9.73. The predicted octanol–water partition coefficient (Wildman–Crippen LogP) is 11.6. The second-order valence-corrected chi connectivity index (χ2v) is 16.9. The minimum Gasteiger partial charge on any atom is -0.400 e. The van der Waals surface area contributed by atoms with Crippen LogP contribution in [0.1, 0.15) is 148 Å². The van der Waals surface area contributed by atoms with E-state index in [9.17, 15) is 0 Å². The number of allylic oxidation sites excluding steroid dienone is 4. The van der Waals surface area contributed by atoms with Crippen molar-refractivity contribution in [2.24, 2.45) is 11.8 Å². The van der Waals surface area contributed by atoms with Crippen LogP contribution in [0.3, 0.4) is 0 Å². The third-order valence-corrected chi connectivity index (χ3v) is 11.7. The fourth-order valence-electron chi connectivity index (χ4n) is 7.21. The number of hydrogen-bond acceptors (Lipinski definition) is 5. The standard InChI is InChI=1S/C12H21BO2.C12H23N.C12H15N.C6H6BrN/c1-11(2)12(3,4)15-13(14-11)10-8-6-5-7-9-10;2*1-10-7-8-12(13-9-10)11-5-3-2-4-6-11;1-5-2-3-6(7)8-4-5/h8H,5-7,9H2,1-4H3;10-13H,2-9H2,1H3;5,7-9H,2-4,6H2,1H3;2-4H,1H3. The summed E-state index contributed by atoms with van der Waals surface area (Å²) in [6.45, 7) is 16.1. The Hall–Kier alpha value is -1.80. The quantitative estimate of drug-likeness (QED) is 0.251. The van der Waals surface area contributed by atoms with Gasteiger partial charge < -0.3 is 14.6 Å². The molecule has 49 heavy (non-hydrogen) atoms. The van der Waals surface area contributed by atoms with Gasteiger partial charge in [-0.25, -0.2) is 4.98 Å². The van der Waals surface area contributed by atoms with Crippen molar-refractivity contribution in [3.8, 4) is 0 Å². The number of piperidine rings is 1. The highest BCUT2D eigenvalue weighted by atomic mass is 79.9. The van der Waals surface area contributed by atoms with Gasteiger partial charge in [0, 0.05) is 18.4 Å². The molecule has 2 aliphatic heterocycles. The number of rotatable bonds is 3. The highest BCUT2D eigenvalue weighted by Crippen LogP contribution is 2.40. The Balaban J connectivity index is 0.000000150. The van der Waals surface area contributed by atoms with Crippen LogP contribution in [0.15, 0.2) is 58.9 Å². The van der Waals surface area contributed by atoms with E-state index in [0.717, 1.165) is 28.9 Å². The first-order valence-electron chi connectivity index (χ1n) is 19.4. The molecule has 1 saturated carbocycles. The van der Waals surface area contributed by atoms with Gasteiger partial charge in [-0.3, -0.25) is 4.98 Å². The molecule has 0 aromatic carbocycles. The van der Waals surface area contributed by atoms with Gasteiger partial charge in [-0.2, -0.15) is 0 Å². The first-order chi connectivity index (χ1) is 23.4. The fourth-order valence-corrected chi connectivity index (χ4v) is 7.44. The van der Waals surface area contributed by atoms with Gasteiger partial charge in [-0.1, -0.05) is 50.5 Å². The Morgan fingerprint density at radius 3 is 1.86 bits per heavy atom. The van der Waals surface area contributed by atoms with E-state index < -0.39 is 0 Å². The van der Waals surface area contributed by atoms with E-state index in [1.807, 2.05) is 31.5 Å². The number of nitrogens with zero attached hydrogens (tertiary/aromatic N) is 2. The van der Waals surface area contributed by atoms with Crippen LogP contribution in [0.2, 0.25) is 0 Å². The molecule has 2 saturated heterocycles. The zero-order valence-electron chi connectivity index (χ0n) is 31.8. The lowest BCUT2D eigenvalue weighted by molar-refractivity contribution is 0.00578. The summed E-state index contributed by atoms with van der Waals surface area (Å²) in [6, 6.07) is 9.08. The van der Waals surface area contributed by atoms with E-state index in [1.54, 1.807) is 0 Å². The summed E-state index contributed by atoms with van der Waals surface area (Å²) in [5.41, 5.74) is 5.98. The zero-order chi connectivity index (χ0) is 35.3. The largest absolute Gasteiger partial charge is 0.490 e. The van der Waals surface area contributed by atoms with Gasteiger partial charge in [0.05, 0.1) is 16.9 Å². The summed E-state index contributed by atoms with van der Waals surface area (Å²) in [5.74, 6) is 1.93. The lowest BCUT2D eigenvalue weighted by Gasteiger charge is -2.35. The molecule has 1 N–H and O–H groups in total. The number of pyridine rings is 2. The topological polar surface area (TPSA) is 56.3 Å². The average molecular weight is 735 g/mol. The van der Waals surface area contributed by atoms with E-state index in [2.05, 4.69) is 97.0 Å². The maximum atomic E-state index is 6.01.